The lowest BCUT2D eigenvalue weighted by molar-refractivity contribution is -0.148. The average molecular weight is 284 g/mol. The number of urea groups is 1. The van der Waals surface area contributed by atoms with E-state index in [-0.39, 0.29) is 6.03 Å². The predicted octanol–water partition coefficient (Wildman–Crippen LogP) is 1.26. The molecule has 0 aromatic heterocycles. The Kier molecular flexibility index (Phi) is 4.52. The zero-order valence-corrected chi connectivity index (χ0v) is 12.3. The minimum absolute atomic E-state index is 0.0137. The van der Waals surface area contributed by atoms with Gasteiger partial charge >= 0.3 is 12.0 Å². The van der Waals surface area contributed by atoms with Crippen molar-refractivity contribution in [3.05, 3.63) is 0 Å². The van der Waals surface area contributed by atoms with Crippen LogP contribution in [-0.4, -0.2) is 66.8 Å². The van der Waals surface area contributed by atoms with E-state index >= 15 is 0 Å². The van der Waals surface area contributed by atoms with Crippen LogP contribution in [0, 0.1) is 11.3 Å². The third-order valence-electron chi connectivity index (χ3n) is 4.71. The van der Waals surface area contributed by atoms with Gasteiger partial charge in [0.15, 0.2) is 0 Å². The first-order chi connectivity index (χ1) is 9.52. The van der Waals surface area contributed by atoms with Gasteiger partial charge in [-0.15, -0.1) is 0 Å². The molecule has 0 spiro atoms. The Balaban J connectivity index is 1.93. The fourth-order valence-electron chi connectivity index (χ4n) is 3.23. The van der Waals surface area contributed by atoms with Crippen molar-refractivity contribution in [2.45, 2.75) is 26.2 Å². The van der Waals surface area contributed by atoms with E-state index in [0.29, 0.717) is 38.5 Å². The molecule has 2 aliphatic heterocycles. The van der Waals surface area contributed by atoms with Gasteiger partial charge in [-0.3, -0.25) is 4.79 Å². The molecule has 1 N–H and O–H groups in total. The Morgan fingerprint density at radius 1 is 1.35 bits per heavy atom. The van der Waals surface area contributed by atoms with E-state index in [4.69, 9.17) is 4.74 Å². The first-order valence-electron chi connectivity index (χ1n) is 7.28. The summed E-state index contributed by atoms with van der Waals surface area (Å²) in [5.41, 5.74) is -0.749. The molecule has 0 aromatic rings. The number of ether oxygens (including phenoxy) is 1. The predicted molar refractivity (Wildman–Crippen MR) is 73.5 cm³/mol. The summed E-state index contributed by atoms with van der Waals surface area (Å²) in [4.78, 5) is 27.4. The Hall–Kier alpha value is -1.30. The number of amides is 2. The topological polar surface area (TPSA) is 70.1 Å². The fourth-order valence-corrected chi connectivity index (χ4v) is 3.23. The summed E-state index contributed by atoms with van der Waals surface area (Å²) >= 11 is 0. The van der Waals surface area contributed by atoms with Gasteiger partial charge in [-0.1, -0.05) is 6.92 Å². The van der Waals surface area contributed by atoms with Crippen molar-refractivity contribution in [2.75, 3.05) is 39.9 Å². The number of carboxylic acids is 1. The molecule has 6 nitrogen and oxygen atoms in total. The number of carbonyl (C=O) groups is 2. The van der Waals surface area contributed by atoms with Crippen LogP contribution in [0.1, 0.15) is 26.2 Å². The highest BCUT2D eigenvalue weighted by Gasteiger charge is 2.46. The van der Waals surface area contributed by atoms with Gasteiger partial charge in [0.25, 0.3) is 0 Å². The molecule has 0 radical (unpaired) electrons. The molecular weight excluding hydrogens is 260 g/mol. The first-order valence-corrected chi connectivity index (χ1v) is 7.28. The van der Waals surface area contributed by atoms with E-state index in [9.17, 15) is 14.7 Å². The van der Waals surface area contributed by atoms with Crippen LogP contribution in [0.3, 0.4) is 0 Å². The van der Waals surface area contributed by atoms with Crippen molar-refractivity contribution < 1.29 is 19.4 Å². The van der Waals surface area contributed by atoms with Crippen molar-refractivity contribution in [1.82, 2.24) is 9.80 Å². The van der Waals surface area contributed by atoms with Crippen molar-refractivity contribution in [3.8, 4) is 0 Å². The molecule has 0 aromatic carbocycles. The minimum Gasteiger partial charge on any atom is -0.481 e. The van der Waals surface area contributed by atoms with Crippen molar-refractivity contribution in [1.29, 1.82) is 0 Å². The number of nitrogens with zero attached hydrogens (tertiary/aromatic N) is 2. The SMILES string of the molecule is CCC1(C(=O)O)CCN(C(=O)N2CCC(COC)C2)C1. The molecule has 2 saturated heterocycles. The number of likely N-dealkylation sites (tertiary alicyclic amines) is 2. The molecule has 2 atom stereocenters. The molecule has 0 saturated carbocycles. The molecule has 2 amide bonds. The van der Waals surface area contributed by atoms with Gasteiger partial charge in [-0.05, 0) is 19.3 Å². The second kappa shape index (κ2) is 5.99. The Labute approximate surface area is 119 Å². The highest BCUT2D eigenvalue weighted by Crippen LogP contribution is 2.35. The number of carboxylic acid groups (broad SMARTS) is 1. The summed E-state index contributed by atoms with van der Waals surface area (Å²) in [6.45, 7) is 4.91. The fraction of sp³-hybridized carbons (Fsp3) is 0.857. The monoisotopic (exact) mass is 284 g/mol. The van der Waals surface area contributed by atoms with E-state index in [1.807, 2.05) is 11.8 Å². The summed E-state index contributed by atoms with van der Waals surface area (Å²) in [6, 6.07) is -0.0137. The van der Waals surface area contributed by atoms with Crippen LogP contribution < -0.4 is 0 Å². The summed E-state index contributed by atoms with van der Waals surface area (Å²) in [7, 11) is 1.67. The molecule has 2 heterocycles. The standard InChI is InChI=1S/C14H24N2O4/c1-3-14(12(17)18)5-7-16(10-14)13(19)15-6-4-11(8-15)9-20-2/h11H,3-10H2,1-2H3,(H,17,18). The zero-order valence-electron chi connectivity index (χ0n) is 12.3. The van der Waals surface area contributed by atoms with E-state index in [1.165, 1.54) is 0 Å². The number of carbonyl (C=O) groups excluding carboxylic acids is 1. The Morgan fingerprint density at radius 2 is 2.10 bits per heavy atom. The molecule has 2 aliphatic rings. The summed E-state index contributed by atoms with van der Waals surface area (Å²) < 4.78 is 5.13. The van der Waals surface area contributed by atoms with Crippen molar-refractivity contribution >= 4 is 12.0 Å². The number of aliphatic carboxylic acids is 1. The van der Waals surface area contributed by atoms with Gasteiger partial charge in [-0.25, -0.2) is 4.79 Å². The van der Waals surface area contributed by atoms with Crippen LogP contribution in [0.4, 0.5) is 4.79 Å². The van der Waals surface area contributed by atoms with Crippen LogP contribution in [-0.2, 0) is 9.53 Å². The van der Waals surface area contributed by atoms with Crippen LogP contribution in [0.25, 0.3) is 0 Å². The number of rotatable bonds is 4. The maximum Gasteiger partial charge on any atom is 0.320 e. The highest BCUT2D eigenvalue weighted by atomic mass is 16.5. The number of hydrogen-bond acceptors (Lipinski definition) is 3. The lowest BCUT2D eigenvalue weighted by Gasteiger charge is -2.26. The maximum absolute atomic E-state index is 12.4. The quantitative estimate of drug-likeness (QED) is 0.844. The van der Waals surface area contributed by atoms with Crippen molar-refractivity contribution in [2.24, 2.45) is 11.3 Å². The first kappa shape index (κ1) is 15.1. The van der Waals surface area contributed by atoms with E-state index < -0.39 is 11.4 Å². The average Bonchev–Trinajstić information content (AvgIpc) is 3.05. The van der Waals surface area contributed by atoms with Gasteiger partial charge in [0.05, 0.1) is 12.0 Å². The smallest absolute Gasteiger partial charge is 0.320 e. The molecule has 2 rings (SSSR count). The Morgan fingerprint density at radius 3 is 2.65 bits per heavy atom. The molecule has 2 fully saturated rings. The van der Waals surface area contributed by atoms with Gasteiger partial charge in [0.2, 0.25) is 0 Å². The third-order valence-corrected chi connectivity index (χ3v) is 4.71. The third kappa shape index (κ3) is 2.75. The van der Waals surface area contributed by atoms with Gasteiger partial charge in [0.1, 0.15) is 0 Å². The largest absolute Gasteiger partial charge is 0.481 e. The molecule has 6 heteroatoms. The van der Waals surface area contributed by atoms with E-state index in [2.05, 4.69) is 0 Å². The van der Waals surface area contributed by atoms with Gasteiger partial charge in [-0.2, -0.15) is 0 Å². The summed E-state index contributed by atoms with van der Waals surface area (Å²) in [5.74, 6) is -0.379. The molecule has 0 aliphatic carbocycles. The molecule has 2 unspecified atom stereocenters. The molecule has 0 bridgehead atoms. The number of hydrogen-bond donors (Lipinski definition) is 1. The van der Waals surface area contributed by atoms with Gasteiger partial charge < -0.3 is 19.6 Å². The number of methoxy groups -OCH3 is 1. The van der Waals surface area contributed by atoms with Crippen LogP contribution in [0.15, 0.2) is 0 Å². The van der Waals surface area contributed by atoms with Crippen molar-refractivity contribution in [3.63, 3.8) is 0 Å². The summed E-state index contributed by atoms with van der Waals surface area (Å²) in [6.07, 6.45) is 2.09. The van der Waals surface area contributed by atoms with E-state index in [1.54, 1.807) is 12.0 Å². The minimum atomic E-state index is -0.783. The normalized spacial score (nSPS) is 30.0. The lowest BCUT2D eigenvalue weighted by atomic mass is 9.84. The van der Waals surface area contributed by atoms with E-state index in [0.717, 1.165) is 19.5 Å². The van der Waals surface area contributed by atoms with Crippen LogP contribution >= 0.6 is 0 Å². The molecule has 114 valence electrons. The lowest BCUT2D eigenvalue weighted by Crippen LogP contribution is -2.43. The second-order valence-corrected chi connectivity index (χ2v) is 5.95. The highest BCUT2D eigenvalue weighted by molar-refractivity contribution is 5.80. The summed E-state index contributed by atoms with van der Waals surface area (Å²) in [5, 5.41) is 9.37. The zero-order chi connectivity index (χ0) is 14.8. The molecule has 20 heavy (non-hydrogen) atoms. The Bertz CT molecular complexity index is 387. The van der Waals surface area contributed by atoms with Gasteiger partial charge in [0, 0.05) is 39.2 Å². The maximum atomic E-state index is 12.4. The second-order valence-electron chi connectivity index (χ2n) is 5.95. The van der Waals surface area contributed by atoms with Crippen LogP contribution in [0.2, 0.25) is 0 Å². The molecular formula is C14H24N2O4. The van der Waals surface area contributed by atoms with Crippen LogP contribution in [0.5, 0.6) is 0 Å².